The van der Waals surface area contributed by atoms with Gasteiger partial charge in [0, 0.05) is 6.42 Å². The zero-order valence-corrected chi connectivity index (χ0v) is 10.2. The van der Waals surface area contributed by atoms with E-state index in [0.29, 0.717) is 6.61 Å². The first-order valence-electron chi connectivity index (χ1n) is 6.22. The molecule has 2 nitrogen and oxygen atoms in total. The van der Waals surface area contributed by atoms with E-state index in [0.717, 1.165) is 18.8 Å². The lowest BCUT2D eigenvalue weighted by Gasteiger charge is -2.13. The summed E-state index contributed by atoms with van der Waals surface area (Å²) in [7, 11) is 0. The van der Waals surface area contributed by atoms with Gasteiger partial charge in [0.2, 0.25) is 0 Å². The average molecular weight is 240 g/mol. The number of para-hydroxylation sites is 1. The quantitative estimate of drug-likeness (QED) is 0.749. The molecule has 1 aliphatic rings. The fourth-order valence-electron chi connectivity index (χ4n) is 2.04. The van der Waals surface area contributed by atoms with E-state index >= 15 is 0 Å². The molecule has 1 unspecified atom stereocenters. The topological polar surface area (TPSA) is 21.8 Å². The highest BCUT2D eigenvalue weighted by Crippen LogP contribution is 2.32. The van der Waals surface area contributed by atoms with Crippen LogP contribution >= 0.6 is 0 Å². The molecule has 1 fully saturated rings. The summed E-state index contributed by atoms with van der Waals surface area (Å²) in [5.74, 6) is 0.903. The molecule has 0 aromatic heterocycles. The van der Waals surface area contributed by atoms with Crippen molar-refractivity contribution < 1.29 is 9.47 Å². The first-order valence-corrected chi connectivity index (χ1v) is 6.22. The van der Waals surface area contributed by atoms with Gasteiger partial charge in [-0.3, -0.25) is 0 Å². The number of rotatable bonds is 5. The Bertz CT molecular complexity index is 489. The first-order chi connectivity index (χ1) is 8.86. The predicted molar refractivity (Wildman–Crippen MR) is 70.8 cm³/mol. The van der Waals surface area contributed by atoms with Crippen LogP contribution < -0.4 is 4.74 Å². The van der Waals surface area contributed by atoms with Crippen molar-refractivity contribution in [1.82, 2.24) is 0 Å². The van der Waals surface area contributed by atoms with Crippen LogP contribution in [0.15, 0.2) is 60.7 Å². The first kappa shape index (κ1) is 11.3. The minimum Gasteiger partial charge on any atom is -0.490 e. The molecule has 0 radical (unpaired) electrons. The lowest BCUT2D eigenvalue weighted by Crippen LogP contribution is -2.24. The van der Waals surface area contributed by atoms with Gasteiger partial charge in [0.25, 0.3) is 0 Å². The highest BCUT2D eigenvalue weighted by atomic mass is 16.6. The Kier molecular flexibility index (Phi) is 3.03. The van der Waals surface area contributed by atoms with Crippen LogP contribution in [0.25, 0.3) is 0 Å². The third-order valence-electron chi connectivity index (χ3n) is 3.17. The number of hydrogen-bond donors (Lipinski definition) is 0. The Labute approximate surface area is 107 Å². The standard InChI is InChI=1S/C16H16O2/c1-3-7-14(8-4-1)11-16(13-18-16)12-17-15-9-5-2-6-10-15/h1-10H,11-13H2. The van der Waals surface area contributed by atoms with Crippen LogP contribution in [0.5, 0.6) is 5.75 Å². The van der Waals surface area contributed by atoms with E-state index in [-0.39, 0.29) is 5.60 Å². The molecule has 0 aliphatic carbocycles. The lowest BCUT2D eigenvalue weighted by atomic mass is 10.0. The van der Waals surface area contributed by atoms with Crippen LogP contribution in [0.1, 0.15) is 5.56 Å². The Hall–Kier alpha value is -1.80. The molecular weight excluding hydrogens is 224 g/mol. The molecule has 1 heterocycles. The van der Waals surface area contributed by atoms with E-state index in [1.165, 1.54) is 5.56 Å². The predicted octanol–water partition coefficient (Wildman–Crippen LogP) is 3.08. The van der Waals surface area contributed by atoms with Crippen molar-refractivity contribution in [3.63, 3.8) is 0 Å². The Morgan fingerprint density at radius 2 is 1.56 bits per heavy atom. The normalized spacial score (nSPS) is 21.6. The highest BCUT2D eigenvalue weighted by molar-refractivity contribution is 5.23. The molecule has 92 valence electrons. The van der Waals surface area contributed by atoms with Gasteiger partial charge in [0.05, 0.1) is 6.61 Å². The van der Waals surface area contributed by atoms with E-state index in [1.54, 1.807) is 0 Å². The van der Waals surface area contributed by atoms with Crippen molar-refractivity contribution >= 4 is 0 Å². The van der Waals surface area contributed by atoms with E-state index in [1.807, 2.05) is 36.4 Å². The smallest absolute Gasteiger partial charge is 0.129 e. The number of hydrogen-bond acceptors (Lipinski definition) is 2. The Morgan fingerprint density at radius 1 is 0.944 bits per heavy atom. The van der Waals surface area contributed by atoms with Crippen LogP contribution in [-0.4, -0.2) is 18.8 Å². The zero-order valence-electron chi connectivity index (χ0n) is 10.2. The van der Waals surface area contributed by atoms with Crippen LogP contribution in [0.2, 0.25) is 0 Å². The van der Waals surface area contributed by atoms with Crippen molar-refractivity contribution in [1.29, 1.82) is 0 Å². The molecule has 18 heavy (non-hydrogen) atoms. The van der Waals surface area contributed by atoms with Crippen molar-refractivity contribution in [2.24, 2.45) is 0 Å². The summed E-state index contributed by atoms with van der Waals surface area (Å²) in [5.41, 5.74) is 1.18. The maximum atomic E-state index is 5.78. The highest BCUT2D eigenvalue weighted by Gasteiger charge is 2.45. The second-order valence-electron chi connectivity index (χ2n) is 4.74. The lowest BCUT2D eigenvalue weighted by molar-refractivity contribution is 0.188. The van der Waals surface area contributed by atoms with Crippen molar-refractivity contribution in [2.75, 3.05) is 13.2 Å². The van der Waals surface area contributed by atoms with Gasteiger partial charge in [0.1, 0.15) is 18.0 Å². The van der Waals surface area contributed by atoms with Gasteiger partial charge < -0.3 is 9.47 Å². The maximum absolute atomic E-state index is 5.78. The molecule has 2 aromatic rings. The molecule has 1 atom stereocenters. The van der Waals surface area contributed by atoms with Crippen LogP contribution in [-0.2, 0) is 11.2 Å². The van der Waals surface area contributed by atoms with E-state index in [4.69, 9.17) is 9.47 Å². The molecule has 0 spiro atoms. The van der Waals surface area contributed by atoms with Crippen molar-refractivity contribution in [2.45, 2.75) is 12.0 Å². The second-order valence-corrected chi connectivity index (χ2v) is 4.74. The third kappa shape index (κ3) is 2.71. The minimum atomic E-state index is -0.114. The Morgan fingerprint density at radius 3 is 2.17 bits per heavy atom. The summed E-state index contributed by atoms with van der Waals surface area (Å²) in [6.07, 6.45) is 0.917. The minimum absolute atomic E-state index is 0.114. The summed E-state index contributed by atoms with van der Waals surface area (Å²) < 4.78 is 11.4. The summed E-state index contributed by atoms with van der Waals surface area (Å²) in [6, 6.07) is 20.3. The molecule has 0 saturated carbocycles. The molecule has 0 amide bonds. The number of epoxide rings is 1. The monoisotopic (exact) mass is 240 g/mol. The fourth-order valence-corrected chi connectivity index (χ4v) is 2.04. The Balaban J connectivity index is 1.59. The summed E-state index contributed by atoms with van der Waals surface area (Å²) in [6.45, 7) is 1.40. The molecule has 0 bridgehead atoms. The van der Waals surface area contributed by atoms with Crippen molar-refractivity contribution in [3.8, 4) is 5.75 Å². The molecule has 2 aromatic carbocycles. The summed E-state index contributed by atoms with van der Waals surface area (Å²) in [5, 5.41) is 0. The zero-order chi connectivity index (χ0) is 12.3. The number of benzene rings is 2. The summed E-state index contributed by atoms with van der Waals surface area (Å²) >= 11 is 0. The van der Waals surface area contributed by atoms with Crippen LogP contribution in [0.3, 0.4) is 0 Å². The van der Waals surface area contributed by atoms with Gasteiger partial charge >= 0.3 is 0 Å². The number of ether oxygens (including phenoxy) is 2. The van der Waals surface area contributed by atoms with E-state index < -0.39 is 0 Å². The van der Waals surface area contributed by atoms with Gasteiger partial charge in [-0.15, -0.1) is 0 Å². The van der Waals surface area contributed by atoms with Crippen LogP contribution in [0, 0.1) is 0 Å². The van der Waals surface area contributed by atoms with Gasteiger partial charge in [-0.05, 0) is 17.7 Å². The fraction of sp³-hybridized carbons (Fsp3) is 0.250. The SMILES string of the molecule is c1ccc(CC2(COc3ccccc3)CO2)cc1. The molecule has 3 rings (SSSR count). The van der Waals surface area contributed by atoms with E-state index in [2.05, 4.69) is 24.3 Å². The summed E-state index contributed by atoms with van der Waals surface area (Å²) in [4.78, 5) is 0. The van der Waals surface area contributed by atoms with Crippen molar-refractivity contribution in [3.05, 3.63) is 66.2 Å². The van der Waals surface area contributed by atoms with Gasteiger partial charge in [-0.1, -0.05) is 48.5 Å². The molecule has 1 aliphatic heterocycles. The van der Waals surface area contributed by atoms with Gasteiger partial charge in [0.15, 0.2) is 0 Å². The van der Waals surface area contributed by atoms with E-state index in [9.17, 15) is 0 Å². The second kappa shape index (κ2) is 4.83. The van der Waals surface area contributed by atoms with Gasteiger partial charge in [-0.25, -0.2) is 0 Å². The molecule has 0 N–H and O–H groups in total. The molecule has 2 heteroatoms. The molecular formula is C16H16O2. The largest absolute Gasteiger partial charge is 0.490 e. The third-order valence-corrected chi connectivity index (χ3v) is 3.17. The van der Waals surface area contributed by atoms with Crippen LogP contribution in [0.4, 0.5) is 0 Å². The van der Waals surface area contributed by atoms with Gasteiger partial charge in [-0.2, -0.15) is 0 Å². The molecule has 1 saturated heterocycles. The maximum Gasteiger partial charge on any atom is 0.129 e. The average Bonchev–Trinajstić information content (AvgIpc) is 3.19.